The van der Waals surface area contributed by atoms with Gasteiger partial charge in [-0.2, -0.15) is 0 Å². The number of likely N-dealkylation sites (tertiary alicyclic amines) is 1. The normalized spacial score (nSPS) is 22.6. The van der Waals surface area contributed by atoms with E-state index in [0.717, 1.165) is 5.56 Å². The summed E-state index contributed by atoms with van der Waals surface area (Å²) in [6.07, 6.45) is 0.150. The predicted molar refractivity (Wildman–Crippen MR) is 70.9 cm³/mol. The molecule has 0 radical (unpaired) electrons. The molecule has 0 aliphatic carbocycles. The first-order chi connectivity index (χ1) is 8.83. The first kappa shape index (κ1) is 13.8. The van der Waals surface area contributed by atoms with E-state index in [0.29, 0.717) is 10.6 Å². The van der Waals surface area contributed by atoms with E-state index >= 15 is 0 Å². The Morgan fingerprint density at radius 2 is 2.16 bits per heavy atom. The Kier molecular flexibility index (Phi) is 3.52. The van der Waals surface area contributed by atoms with Crippen molar-refractivity contribution >= 4 is 23.4 Å². The van der Waals surface area contributed by atoms with E-state index in [9.17, 15) is 14.7 Å². The van der Waals surface area contributed by atoms with Crippen LogP contribution in [0.5, 0.6) is 0 Å². The number of carbonyl (C=O) groups is 2. The Morgan fingerprint density at radius 3 is 2.68 bits per heavy atom. The molecule has 1 aliphatic heterocycles. The maximum absolute atomic E-state index is 12.3. The number of β-amino-alcohol motifs (C(OH)–C–C–N with tert-alkyl or cyclic N) is 1. The molecule has 19 heavy (non-hydrogen) atoms. The molecular formula is C13H15ClN2O3. The standard InChI is InChI=1S/C13H15ClN2O3/c1-8-2-3-9(10(14)6-8)11(17)16-5-4-13(19,7-16)12(15)18/h2-3,6,19H,4-5,7H2,1H3,(H2,15,18). The number of aryl methyl sites for hydroxylation is 1. The topological polar surface area (TPSA) is 83.6 Å². The van der Waals surface area contributed by atoms with Crippen LogP contribution in [0.2, 0.25) is 5.02 Å². The summed E-state index contributed by atoms with van der Waals surface area (Å²) < 4.78 is 0. The zero-order valence-electron chi connectivity index (χ0n) is 10.5. The molecule has 102 valence electrons. The molecule has 2 amide bonds. The number of halogens is 1. The summed E-state index contributed by atoms with van der Waals surface area (Å²) >= 11 is 6.03. The van der Waals surface area contributed by atoms with Crippen LogP contribution in [-0.4, -0.2) is 40.5 Å². The van der Waals surface area contributed by atoms with Crippen molar-refractivity contribution in [2.45, 2.75) is 18.9 Å². The SMILES string of the molecule is Cc1ccc(C(=O)N2CCC(O)(C(N)=O)C2)c(Cl)c1. The van der Waals surface area contributed by atoms with Crippen LogP contribution >= 0.6 is 11.6 Å². The summed E-state index contributed by atoms with van der Waals surface area (Å²) in [7, 11) is 0. The summed E-state index contributed by atoms with van der Waals surface area (Å²) in [6, 6.07) is 5.13. The fourth-order valence-electron chi connectivity index (χ4n) is 2.13. The summed E-state index contributed by atoms with van der Waals surface area (Å²) in [4.78, 5) is 24.8. The van der Waals surface area contributed by atoms with Gasteiger partial charge in [0.1, 0.15) is 0 Å². The average Bonchev–Trinajstić information content (AvgIpc) is 2.73. The second-order valence-corrected chi connectivity index (χ2v) is 5.26. The van der Waals surface area contributed by atoms with Crippen LogP contribution in [0.25, 0.3) is 0 Å². The smallest absolute Gasteiger partial charge is 0.255 e. The minimum atomic E-state index is -1.63. The number of rotatable bonds is 2. The van der Waals surface area contributed by atoms with Crippen LogP contribution in [0.15, 0.2) is 18.2 Å². The lowest BCUT2D eigenvalue weighted by atomic mass is 10.0. The summed E-state index contributed by atoms with van der Waals surface area (Å²) in [5.41, 5.74) is 4.81. The van der Waals surface area contributed by atoms with E-state index in [4.69, 9.17) is 17.3 Å². The third-order valence-electron chi connectivity index (χ3n) is 3.35. The van der Waals surface area contributed by atoms with Crippen molar-refractivity contribution in [1.82, 2.24) is 4.90 Å². The molecule has 1 atom stereocenters. The van der Waals surface area contributed by atoms with E-state index in [1.165, 1.54) is 4.90 Å². The van der Waals surface area contributed by atoms with Crippen LogP contribution in [-0.2, 0) is 4.79 Å². The highest BCUT2D eigenvalue weighted by molar-refractivity contribution is 6.33. The summed E-state index contributed by atoms with van der Waals surface area (Å²) in [5.74, 6) is -1.11. The van der Waals surface area contributed by atoms with Crippen molar-refractivity contribution in [1.29, 1.82) is 0 Å². The lowest BCUT2D eigenvalue weighted by Gasteiger charge is -2.20. The van der Waals surface area contributed by atoms with Gasteiger partial charge < -0.3 is 15.7 Å². The van der Waals surface area contributed by atoms with Crippen molar-refractivity contribution in [2.24, 2.45) is 5.73 Å². The molecule has 1 heterocycles. The minimum absolute atomic E-state index is 0.0919. The predicted octanol–water partition coefficient (Wildman–Crippen LogP) is 0.711. The minimum Gasteiger partial charge on any atom is -0.378 e. The molecular weight excluding hydrogens is 268 g/mol. The molecule has 1 aromatic rings. The van der Waals surface area contributed by atoms with E-state index in [-0.39, 0.29) is 25.4 Å². The first-order valence-corrected chi connectivity index (χ1v) is 6.29. The zero-order chi connectivity index (χ0) is 14.2. The largest absolute Gasteiger partial charge is 0.378 e. The molecule has 2 rings (SSSR count). The van der Waals surface area contributed by atoms with Crippen LogP contribution in [0.1, 0.15) is 22.3 Å². The lowest BCUT2D eigenvalue weighted by molar-refractivity contribution is -0.134. The molecule has 6 heteroatoms. The number of nitrogens with two attached hydrogens (primary N) is 1. The Balaban J connectivity index is 2.20. The van der Waals surface area contributed by atoms with Gasteiger partial charge in [0, 0.05) is 13.0 Å². The maximum atomic E-state index is 12.3. The van der Waals surface area contributed by atoms with Crippen molar-refractivity contribution < 1.29 is 14.7 Å². The van der Waals surface area contributed by atoms with Crippen LogP contribution in [0, 0.1) is 6.92 Å². The molecule has 0 bridgehead atoms. The van der Waals surface area contributed by atoms with Crippen molar-refractivity contribution in [3.63, 3.8) is 0 Å². The third-order valence-corrected chi connectivity index (χ3v) is 3.66. The van der Waals surface area contributed by atoms with Gasteiger partial charge in [0.15, 0.2) is 5.60 Å². The molecule has 1 saturated heterocycles. The van der Waals surface area contributed by atoms with Gasteiger partial charge in [-0.25, -0.2) is 0 Å². The zero-order valence-corrected chi connectivity index (χ0v) is 11.3. The fourth-order valence-corrected chi connectivity index (χ4v) is 2.45. The molecule has 5 nitrogen and oxygen atoms in total. The Hall–Kier alpha value is -1.59. The van der Waals surface area contributed by atoms with Gasteiger partial charge >= 0.3 is 0 Å². The molecule has 1 aliphatic rings. The summed E-state index contributed by atoms with van der Waals surface area (Å²) in [5, 5.41) is 10.3. The average molecular weight is 283 g/mol. The number of hydrogen-bond acceptors (Lipinski definition) is 3. The van der Waals surface area contributed by atoms with Gasteiger partial charge in [0.05, 0.1) is 17.1 Å². The van der Waals surface area contributed by atoms with Gasteiger partial charge in [0.25, 0.3) is 11.8 Å². The van der Waals surface area contributed by atoms with Gasteiger partial charge in [-0.05, 0) is 24.6 Å². The van der Waals surface area contributed by atoms with Gasteiger partial charge in [-0.1, -0.05) is 17.7 Å². The van der Waals surface area contributed by atoms with Gasteiger partial charge in [0.2, 0.25) is 0 Å². The highest BCUT2D eigenvalue weighted by atomic mass is 35.5. The van der Waals surface area contributed by atoms with Crippen molar-refractivity contribution in [3.05, 3.63) is 34.3 Å². The van der Waals surface area contributed by atoms with E-state index in [1.807, 2.05) is 6.92 Å². The quantitative estimate of drug-likeness (QED) is 0.838. The van der Waals surface area contributed by atoms with Crippen LogP contribution in [0.4, 0.5) is 0 Å². The van der Waals surface area contributed by atoms with Gasteiger partial charge in [-0.15, -0.1) is 0 Å². The second kappa shape index (κ2) is 4.83. The lowest BCUT2D eigenvalue weighted by Crippen LogP contribution is -2.46. The van der Waals surface area contributed by atoms with Crippen molar-refractivity contribution in [3.8, 4) is 0 Å². The third kappa shape index (κ3) is 2.57. The van der Waals surface area contributed by atoms with E-state index in [1.54, 1.807) is 18.2 Å². The number of aliphatic hydroxyl groups is 1. The van der Waals surface area contributed by atoms with Gasteiger partial charge in [-0.3, -0.25) is 9.59 Å². The number of nitrogens with zero attached hydrogens (tertiary/aromatic N) is 1. The Bertz CT molecular complexity index is 547. The summed E-state index contributed by atoms with van der Waals surface area (Å²) in [6.45, 7) is 2.07. The number of amides is 2. The number of carbonyl (C=O) groups excluding carboxylic acids is 2. The van der Waals surface area contributed by atoms with E-state index < -0.39 is 11.5 Å². The molecule has 1 fully saturated rings. The highest BCUT2D eigenvalue weighted by Crippen LogP contribution is 2.25. The van der Waals surface area contributed by atoms with Crippen LogP contribution in [0.3, 0.4) is 0 Å². The molecule has 1 unspecified atom stereocenters. The molecule has 3 N–H and O–H groups in total. The Labute approximate surface area is 116 Å². The molecule has 1 aromatic carbocycles. The highest BCUT2D eigenvalue weighted by Gasteiger charge is 2.43. The molecule has 0 saturated carbocycles. The second-order valence-electron chi connectivity index (χ2n) is 4.86. The monoisotopic (exact) mass is 282 g/mol. The van der Waals surface area contributed by atoms with Crippen LogP contribution < -0.4 is 5.73 Å². The molecule has 0 aromatic heterocycles. The Morgan fingerprint density at radius 1 is 1.47 bits per heavy atom. The molecule has 0 spiro atoms. The maximum Gasteiger partial charge on any atom is 0.255 e. The fraction of sp³-hybridized carbons (Fsp3) is 0.385. The van der Waals surface area contributed by atoms with Crippen molar-refractivity contribution in [2.75, 3.05) is 13.1 Å². The number of benzene rings is 1. The number of hydrogen-bond donors (Lipinski definition) is 2. The number of primary amides is 1. The first-order valence-electron chi connectivity index (χ1n) is 5.91. The van der Waals surface area contributed by atoms with E-state index in [2.05, 4.69) is 0 Å².